The quantitative estimate of drug-likeness (QED) is 0.699. The van der Waals surface area contributed by atoms with E-state index in [2.05, 4.69) is 4.98 Å². The molecule has 2 nitrogen and oxygen atoms in total. The molecule has 0 bridgehead atoms. The number of carbonyl (C=O) groups excluding carboxylic acids is 1. The van der Waals surface area contributed by atoms with Crippen LogP contribution in [0.5, 0.6) is 0 Å². The van der Waals surface area contributed by atoms with Crippen molar-refractivity contribution < 1.29 is 9.18 Å². The fourth-order valence-electron chi connectivity index (χ4n) is 1.36. The van der Waals surface area contributed by atoms with Gasteiger partial charge in [0.05, 0.1) is 5.69 Å². The SMILES string of the molecule is O=Cc1cccnc1-c1ccc(F)cc1. The molecule has 0 aliphatic rings. The van der Waals surface area contributed by atoms with Crippen molar-refractivity contribution >= 4 is 6.29 Å². The van der Waals surface area contributed by atoms with Gasteiger partial charge in [0.2, 0.25) is 0 Å². The molecule has 2 aromatic rings. The van der Waals surface area contributed by atoms with Crippen molar-refractivity contribution in [2.75, 3.05) is 0 Å². The highest BCUT2D eigenvalue weighted by atomic mass is 19.1. The number of carbonyl (C=O) groups is 1. The zero-order valence-electron chi connectivity index (χ0n) is 7.85. The van der Waals surface area contributed by atoms with Crippen molar-refractivity contribution in [1.82, 2.24) is 4.98 Å². The maximum absolute atomic E-state index is 12.7. The standard InChI is InChI=1S/C12H8FNO/c13-11-5-3-9(4-6-11)12-10(8-15)2-1-7-14-12/h1-8H. The summed E-state index contributed by atoms with van der Waals surface area (Å²) >= 11 is 0. The van der Waals surface area contributed by atoms with E-state index in [1.165, 1.54) is 12.1 Å². The van der Waals surface area contributed by atoms with Gasteiger partial charge in [-0.25, -0.2) is 4.39 Å². The second-order valence-electron chi connectivity index (χ2n) is 3.07. The first-order valence-corrected chi connectivity index (χ1v) is 4.47. The Bertz CT molecular complexity index is 479. The van der Waals surface area contributed by atoms with Crippen LogP contribution >= 0.6 is 0 Å². The van der Waals surface area contributed by atoms with Gasteiger partial charge in [-0.05, 0) is 36.4 Å². The van der Waals surface area contributed by atoms with Crippen molar-refractivity contribution in [1.29, 1.82) is 0 Å². The molecule has 0 amide bonds. The minimum Gasteiger partial charge on any atom is -0.298 e. The Morgan fingerprint density at radius 1 is 1.13 bits per heavy atom. The van der Waals surface area contributed by atoms with Crippen molar-refractivity contribution in [2.24, 2.45) is 0 Å². The Morgan fingerprint density at radius 3 is 2.53 bits per heavy atom. The molecule has 74 valence electrons. The Morgan fingerprint density at radius 2 is 1.87 bits per heavy atom. The number of rotatable bonds is 2. The van der Waals surface area contributed by atoms with E-state index in [1.807, 2.05) is 0 Å². The fraction of sp³-hybridized carbons (Fsp3) is 0. The molecule has 3 heteroatoms. The summed E-state index contributed by atoms with van der Waals surface area (Å²) in [6, 6.07) is 9.27. The normalized spacial score (nSPS) is 9.93. The van der Waals surface area contributed by atoms with Crippen LogP contribution in [-0.4, -0.2) is 11.3 Å². The number of hydrogen-bond donors (Lipinski definition) is 0. The van der Waals surface area contributed by atoms with Crippen molar-refractivity contribution in [3.05, 3.63) is 54.0 Å². The first-order valence-electron chi connectivity index (χ1n) is 4.47. The monoisotopic (exact) mass is 201 g/mol. The van der Waals surface area contributed by atoms with Gasteiger partial charge in [0.1, 0.15) is 5.82 Å². The van der Waals surface area contributed by atoms with E-state index in [0.717, 1.165) is 11.8 Å². The van der Waals surface area contributed by atoms with Gasteiger partial charge in [-0.1, -0.05) is 0 Å². The van der Waals surface area contributed by atoms with Crippen molar-refractivity contribution in [2.45, 2.75) is 0 Å². The second kappa shape index (κ2) is 4.00. The summed E-state index contributed by atoms with van der Waals surface area (Å²) in [6.45, 7) is 0. The summed E-state index contributed by atoms with van der Waals surface area (Å²) in [4.78, 5) is 14.8. The number of pyridine rings is 1. The molecule has 0 aliphatic heterocycles. The van der Waals surface area contributed by atoms with E-state index in [4.69, 9.17) is 0 Å². The van der Waals surface area contributed by atoms with Gasteiger partial charge in [0.15, 0.2) is 6.29 Å². The van der Waals surface area contributed by atoms with E-state index < -0.39 is 0 Å². The van der Waals surface area contributed by atoms with E-state index in [-0.39, 0.29) is 5.82 Å². The Kier molecular flexibility index (Phi) is 2.54. The van der Waals surface area contributed by atoms with Crippen LogP contribution in [0.1, 0.15) is 10.4 Å². The van der Waals surface area contributed by atoms with Crippen molar-refractivity contribution in [3.63, 3.8) is 0 Å². The van der Waals surface area contributed by atoms with Crippen LogP contribution in [-0.2, 0) is 0 Å². The van der Waals surface area contributed by atoms with Gasteiger partial charge in [-0.2, -0.15) is 0 Å². The zero-order valence-corrected chi connectivity index (χ0v) is 7.85. The summed E-state index contributed by atoms with van der Waals surface area (Å²) < 4.78 is 12.7. The molecule has 0 spiro atoms. The predicted octanol–water partition coefficient (Wildman–Crippen LogP) is 2.70. The number of benzene rings is 1. The minimum atomic E-state index is -0.303. The van der Waals surface area contributed by atoms with Gasteiger partial charge in [0.25, 0.3) is 0 Å². The highest BCUT2D eigenvalue weighted by molar-refractivity contribution is 5.85. The zero-order chi connectivity index (χ0) is 10.7. The van der Waals surface area contributed by atoms with E-state index in [1.54, 1.807) is 30.5 Å². The third-order valence-electron chi connectivity index (χ3n) is 2.08. The van der Waals surface area contributed by atoms with Gasteiger partial charge in [-0.15, -0.1) is 0 Å². The smallest absolute Gasteiger partial charge is 0.152 e. The molecular weight excluding hydrogens is 193 g/mol. The molecule has 1 aromatic carbocycles. The Hall–Kier alpha value is -2.03. The van der Waals surface area contributed by atoms with Crippen LogP contribution in [0, 0.1) is 5.82 Å². The van der Waals surface area contributed by atoms with Gasteiger partial charge in [-0.3, -0.25) is 9.78 Å². The number of nitrogens with zero attached hydrogens (tertiary/aromatic N) is 1. The lowest BCUT2D eigenvalue weighted by Gasteiger charge is -2.02. The molecule has 0 fully saturated rings. The van der Waals surface area contributed by atoms with Crippen LogP contribution in [0.25, 0.3) is 11.3 Å². The van der Waals surface area contributed by atoms with Crippen molar-refractivity contribution in [3.8, 4) is 11.3 Å². The second-order valence-corrected chi connectivity index (χ2v) is 3.07. The molecule has 0 saturated carbocycles. The first-order chi connectivity index (χ1) is 7.31. The van der Waals surface area contributed by atoms with Gasteiger partial charge < -0.3 is 0 Å². The van der Waals surface area contributed by atoms with Crippen LogP contribution in [0.15, 0.2) is 42.6 Å². The molecule has 2 rings (SSSR count). The molecule has 0 unspecified atom stereocenters. The Balaban J connectivity index is 2.53. The summed E-state index contributed by atoms with van der Waals surface area (Å²) in [5, 5.41) is 0. The first kappa shape index (κ1) is 9.52. The molecule has 0 atom stereocenters. The molecule has 0 aliphatic carbocycles. The lowest BCUT2D eigenvalue weighted by atomic mass is 10.1. The highest BCUT2D eigenvalue weighted by Crippen LogP contribution is 2.19. The molecule has 1 heterocycles. The highest BCUT2D eigenvalue weighted by Gasteiger charge is 2.04. The Labute approximate surface area is 86.4 Å². The largest absolute Gasteiger partial charge is 0.298 e. The average Bonchev–Trinajstić information content (AvgIpc) is 2.30. The van der Waals surface area contributed by atoms with E-state index >= 15 is 0 Å². The maximum Gasteiger partial charge on any atom is 0.152 e. The average molecular weight is 201 g/mol. The van der Waals surface area contributed by atoms with Crippen LogP contribution in [0.2, 0.25) is 0 Å². The number of hydrogen-bond acceptors (Lipinski definition) is 2. The number of halogens is 1. The molecule has 1 aromatic heterocycles. The number of aromatic nitrogens is 1. The number of aldehydes is 1. The topological polar surface area (TPSA) is 30.0 Å². The maximum atomic E-state index is 12.7. The molecular formula is C12H8FNO. The van der Waals surface area contributed by atoms with Crippen LogP contribution in [0.4, 0.5) is 4.39 Å². The minimum absolute atomic E-state index is 0.303. The van der Waals surface area contributed by atoms with E-state index in [0.29, 0.717) is 11.3 Å². The third kappa shape index (κ3) is 1.91. The summed E-state index contributed by atoms with van der Waals surface area (Å²) in [6.07, 6.45) is 2.34. The van der Waals surface area contributed by atoms with Gasteiger partial charge >= 0.3 is 0 Å². The van der Waals surface area contributed by atoms with Gasteiger partial charge in [0, 0.05) is 17.3 Å². The molecule has 15 heavy (non-hydrogen) atoms. The van der Waals surface area contributed by atoms with Crippen LogP contribution in [0.3, 0.4) is 0 Å². The van der Waals surface area contributed by atoms with E-state index in [9.17, 15) is 9.18 Å². The predicted molar refractivity (Wildman–Crippen MR) is 55.0 cm³/mol. The molecule has 0 saturated heterocycles. The fourth-order valence-corrected chi connectivity index (χ4v) is 1.36. The molecule has 0 N–H and O–H groups in total. The lowest BCUT2D eigenvalue weighted by molar-refractivity contribution is 0.112. The summed E-state index contributed by atoms with van der Waals surface area (Å²) in [5.41, 5.74) is 1.82. The summed E-state index contributed by atoms with van der Waals surface area (Å²) in [5.74, 6) is -0.303. The summed E-state index contributed by atoms with van der Waals surface area (Å²) in [7, 11) is 0. The molecule has 0 radical (unpaired) electrons. The van der Waals surface area contributed by atoms with Crippen LogP contribution < -0.4 is 0 Å². The lowest BCUT2D eigenvalue weighted by Crippen LogP contribution is -1.90. The third-order valence-corrected chi connectivity index (χ3v) is 2.08.